The largest absolute Gasteiger partial charge is 0.491 e. The van der Waals surface area contributed by atoms with Crippen molar-refractivity contribution in [2.75, 3.05) is 31.7 Å². The average molecular weight is 442 g/mol. The van der Waals surface area contributed by atoms with Crippen LogP contribution in [0, 0.1) is 11.3 Å². The molecule has 0 saturated carbocycles. The van der Waals surface area contributed by atoms with Gasteiger partial charge in [-0.15, -0.1) is 11.3 Å². The van der Waals surface area contributed by atoms with E-state index in [0.717, 1.165) is 16.0 Å². The number of carbonyl (C=O) groups is 2. The number of hydrogen-bond acceptors (Lipinski definition) is 7. The normalized spacial score (nSPS) is 12.9. The van der Waals surface area contributed by atoms with Crippen LogP contribution in [-0.4, -0.2) is 48.4 Å². The molecule has 0 unspecified atom stereocenters. The van der Waals surface area contributed by atoms with Crippen molar-refractivity contribution in [1.29, 1.82) is 5.26 Å². The van der Waals surface area contributed by atoms with Gasteiger partial charge in [0.1, 0.15) is 23.4 Å². The molecule has 0 bridgehead atoms. The van der Waals surface area contributed by atoms with Crippen molar-refractivity contribution in [2.24, 2.45) is 0 Å². The highest BCUT2D eigenvalue weighted by atomic mass is 32.1. The maximum absolute atomic E-state index is 12.4. The van der Waals surface area contributed by atoms with Gasteiger partial charge in [0.05, 0.1) is 25.3 Å². The van der Waals surface area contributed by atoms with Gasteiger partial charge in [-0.2, -0.15) is 5.26 Å². The molecule has 2 amide bonds. The van der Waals surface area contributed by atoms with Crippen molar-refractivity contribution in [1.82, 2.24) is 4.90 Å². The lowest BCUT2D eigenvalue weighted by Gasteiger charge is -2.25. The van der Waals surface area contributed by atoms with Gasteiger partial charge in [-0.3, -0.25) is 4.79 Å². The van der Waals surface area contributed by atoms with Crippen molar-refractivity contribution >= 4 is 34.4 Å². The first-order chi connectivity index (χ1) is 15.0. The van der Waals surface area contributed by atoms with Gasteiger partial charge in [-0.1, -0.05) is 12.1 Å². The molecule has 3 rings (SSSR count). The molecular formula is C22H23N3O5S. The number of thiophene rings is 1. The number of nitriles is 1. The van der Waals surface area contributed by atoms with E-state index in [0.29, 0.717) is 42.4 Å². The van der Waals surface area contributed by atoms with Crippen molar-refractivity contribution in [3.05, 3.63) is 51.9 Å². The number of nitrogens with zero attached hydrogens (tertiary/aromatic N) is 2. The van der Waals surface area contributed by atoms with Gasteiger partial charge in [-0.25, -0.2) is 4.79 Å². The number of ether oxygens (including phenoxy) is 2. The van der Waals surface area contributed by atoms with Gasteiger partial charge in [-0.05, 0) is 42.7 Å². The van der Waals surface area contributed by atoms with Crippen molar-refractivity contribution in [2.45, 2.75) is 19.9 Å². The summed E-state index contributed by atoms with van der Waals surface area (Å²) in [5.41, 5.74) is 2.09. The van der Waals surface area contributed by atoms with Crippen LogP contribution in [0.2, 0.25) is 0 Å². The number of rotatable bonds is 7. The number of aliphatic hydroxyl groups is 1. The summed E-state index contributed by atoms with van der Waals surface area (Å²) in [6, 6.07) is 9.32. The van der Waals surface area contributed by atoms with Crippen LogP contribution in [-0.2, 0) is 22.5 Å². The van der Waals surface area contributed by atoms with E-state index in [1.54, 1.807) is 36.1 Å². The van der Waals surface area contributed by atoms with Gasteiger partial charge in [0.2, 0.25) is 5.91 Å². The summed E-state index contributed by atoms with van der Waals surface area (Å²) >= 11 is 1.31. The fourth-order valence-electron chi connectivity index (χ4n) is 3.18. The number of amides is 2. The predicted molar refractivity (Wildman–Crippen MR) is 117 cm³/mol. The fourth-order valence-corrected chi connectivity index (χ4v) is 4.39. The summed E-state index contributed by atoms with van der Waals surface area (Å²) < 4.78 is 10.4. The molecule has 0 radical (unpaired) electrons. The van der Waals surface area contributed by atoms with Gasteiger partial charge < -0.3 is 24.8 Å². The molecule has 0 atom stereocenters. The van der Waals surface area contributed by atoms with Crippen LogP contribution in [0.25, 0.3) is 6.08 Å². The molecule has 2 aromatic rings. The zero-order valence-corrected chi connectivity index (χ0v) is 17.9. The van der Waals surface area contributed by atoms with E-state index in [2.05, 4.69) is 11.4 Å². The van der Waals surface area contributed by atoms with Gasteiger partial charge in [0, 0.05) is 17.5 Å². The molecule has 2 N–H and O–H groups in total. The minimum Gasteiger partial charge on any atom is -0.491 e. The van der Waals surface area contributed by atoms with E-state index in [9.17, 15) is 14.9 Å². The molecule has 0 aliphatic carbocycles. The zero-order chi connectivity index (χ0) is 22.2. The maximum atomic E-state index is 12.4. The van der Waals surface area contributed by atoms with Crippen LogP contribution in [0.15, 0.2) is 30.3 Å². The molecule has 8 nitrogen and oxygen atoms in total. The summed E-state index contributed by atoms with van der Waals surface area (Å²) in [6.45, 7) is 3.01. The Morgan fingerprint density at radius 3 is 3.00 bits per heavy atom. The number of carbonyl (C=O) groups excluding carboxylic acids is 2. The Labute approximate surface area is 184 Å². The molecule has 9 heteroatoms. The summed E-state index contributed by atoms with van der Waals surface area (Å²) in [4.78, 5) is 26.9. The highest BCUT2D eigenvalue weighted by Gasteiger charge is 2.27. The number of nitrogens with one attached hydrogen (secondary N) is 1. The molecule has 1 aromatic carbocycles. The Hall–Kier alpha value is -3.35. The van der Waals surface area contributed by atoms with E-state index < -0.39 is 0 Å². The fraction of sp³-hybridized carbons (Fsp3) is 0.318. The lowest BCUT2D eigenvalue weighted by Crippen LogP contribution is -2.35. The molecule has 0 fully saturated rings. The SMILES string of the molecule is CCOC(=O)N1CCc2c(sc(NC(=O)/C=C/c3cccc(OCCO)c3)c2C#N)C1. The van der Waals surface area contributed by atoms with Crippen LogP contribution in [0.1, 0.15) is 28.5 Å². The molecule has 0 spiro atoms. The summed E-state index contributed by atoms with van der Waals surface area (Å²) in [5.74, 6) is 0.236. The summed E-state index contributed by atoms with van der Waals surface area (Å²) in [6.07, 6.45) is 3.19. The van der Waals surface area contributed by atoms with Gasteiger partial charge in [0.15, 0.2) is 0 Å². The van der Waals surface area contributed by atoms with Crippen LogP contribution in [0.3, 0.4) is 0 Å². The van der Waals surface area contributed by atoms with Gasteiger partial charge >= 0.3 is 6.09 Å². The van der Waals surface area contributed by atoms with E-state index in [-0.39, 0.29) is 25.2 Å². The number of fused-ring (bicyclic) bond motifs is 1. The Kier molecular flexibility index (Phi) is 7.65. The van der Waals surface area contributed by atoms with Crippen LogP contribution in [0.5, 0.6) is 5.75 Å². The van der Waals surface area contributed by atoms with E-state index in [1.807, 2.05) is 6.07 Å². The predicted octanol–water partition coefficient (Wildman–Crippen LogP) is 3.16. The minimum absolute atomic E-state index is 0.0773. The van der Waals surface area contributed by atoms with Crippen molar-refractivity contribution in [3.63, 3.8) is 0 Å². The number of anilines is 1. The monoisotopic (exact) mass is 441 g/mol. The Balaban J connectivity index is 1.69. The van der Waals surface area contributed by atoms with E-state index in [4.69, 9.17) is 14.6 Å². The first kappa shape index (κ1) is 22.3. The number of aliphatic hydroxyl groups excluding tert-OH is 1. The zero-order valence-electron chi connectivity index (χ0n) is 17.1. The molecule has 1 aliphatic heterocycles. The second-order valence-electron chi connectivity index (χ2n) is 6.66. The number of benzene rings is 1. The summed E-state index contributed by atoms with van der Waals surface area (Å²) in [5, 5.41) is 21.7. The lowest BCUT2D eigenvalue weighted by atomic mass is 10.0. The third-order valence-corrected chi connectivity index (χ3v) is 5.71. The first-order valence-corrected chi connectivity index (χ1v) is 10.7. The van der Waals surface area contributed by atoms with Crippen LogP contribution in [0.4, 0.5) is 9.80 Å². The quantitative estimate of drug-likeness (QED) is 0.639. The molecule has 162 valence electrons. The average Bonchev–Trinajstić information content (AvgIpc) is 3.12. The molecular weight excluding hydrogens is 418 g/mol. The first-order valence-electron chi connectivity index (χ1n) is 9.84. The smallest absolute Gasteiger partial charge is 0.410 e. The molecule has 31 heavy (non-hydrogen) atoms. The third-order valence-electron chi connectivity index (χ3n) is 4.58. The van der Waals surface area contributed by atoms with Crippen molar-refractivity contribution < 1.29 is 24.2 Å². The Morgan fingerprint density at radius 1 is 1.42 bits per heavy atom. The maximum Gasteiger partial charge on any atom is 0.410 e. The second kappa shape index (κ2) is 10.6. The minimum atomic E-state index is -0.376. The molecule has 1 aliphatic rings. The van der Waals surface area contributed by atoms with E-state index in [1.165, 1.54) is 17.4 Å². The lowest BCUT2D eigenvalue weighted by molar-refractivity contribution is -0.111. The molecule has 0 saturated heterocycles. The standard InChI is InChI=1S/C22H23N3O5S/c1-2-29-22(28)25-9-8-17-18(13-23)21(31-19(17)14-25)24-20(27)7-6-15-4-3-5-16(12-15)30-11-10-26/h3-7,12,26H,2,8-11,14H2,1H3,(H,24,27)/b7-6+. The number of hydrogen-bond donors (Lipinski definition) is 2. The Morgan fingerprint density at radius 2 is 2.26 bits per heavy atom. The van der Waals surface area contributed by atoms with E-state index >= 15 is 0 Å². The third kappa shape index (κ3) is 5.63. The Bertz CT molecular complexity index is 1020. The topological polar surface area (TPSA) is 112 Å². The van der Waals surface area contributed by atoms with Crippen LogP contribution >= 0.6 is 11.3 Å². The van der Waals surface area contributed by atoms with Crippen molar-refractivity contribution in [3.8, 4) is 11.8 Å². The second-order valence-corrected chi connectivity index (χ2v) is 7.76. The van der Waals surface area contributed by atoms with Gasteiger partial charge in [0.25, 0.3) is 0 Å². The summed E-state index contributed by atoms with van der Waals surface area (Å²) in [7, 11) is 0. The highest BCUT2D eigenvalue weighted by molar-refractivity contribution is 7.16. The van der Waals surface area contributed by atoms with Crippen LogP contribution < -0.4 is 10.1 Å². The highest BCUT2D eigenvalue weighted by Crippen LogP contribution is 2.36. The molecule has 1 aromatic heterocycles. The molecule has 2 heterocycles.